The summed E-state index contributed by atoms with van der Waals surface area (Å²) in [7, 11) is 7.62. The van der Waals surface area contributed by atoms with Crippen LogP contribution < -0.4 is 18.9 Å². The highest BCUT2D eigenvalue weighted by atomic mass is 16.7. The van der Waals surface area contributed by atoms with Crippen molar-refractivity contribution in [3.05, 3.63) is 72.0 Å². The highest BCUT2D eigenvalue weighted by Gasteiger charge is 2.24. The third kappa shape index (κ3) is 8.02. The largest absolute Gasteiger partial charge is 0.493 e. The molecule has 0 fully saturated rings. The first kappa shape index (κ1) is 28.2. The highest BCUT2D eigenvalue weighted by molar-refractivity contribution is 6.13. The molecule has 0 bridgehead atoms. The van der Waals surface area contributed by atoms with Gasteiger partial charge in [0.15, 0.2) is 41.4 Å². The van der Waals surface area contributed by atoms with Gasteiger partial charge in [0.05, 0.1) is 40.1 Å². The zero-order chi connectivity index (χ0) is 26.5. The van der Waals surface area contributed by atoms with Crippen LogP contribution in [0.4, 0.5) is 0 Å². The number of allylic oxidation sites excluding steroid dienone is 3. The number of hydrogen-bond donors (Lipinski definition) is 0. The van der Waals surface area contributed by atoms with E-state index in [9.17, 15) is 9.59 Å². The Kier molecular flexibility index (Phi) is 11.3. The molecule has 2 rings (SSSR count). The first-order valence-corrected chi connectivity index (χ1v) is 11.0. The van der Waals surface area contributed by atoms with E-state index in [1.807, 2.05) is 0 Å². The Hall–Kier alpha value is -4.04. The van der Waals surface area contributed by atoms with Crippen LogP contribution in [0.15, 0.2) is 60.9 Å². The van der Waals surface area contributed by atoms with Gasteiger partial charge in [0.2, 0.25) is 0 Å². The van der Waals surface area contributed by atoms with E-state index in [1.54, 1.807) is 62.8 Å². The second-order valence-corrected chi connectivity index (χ2v) is 7.55. The standard InChI is InChI=1S/C28H32O8/c1-19(36-18-31-2)15-22(23(29)11-7-20-9-13-25(32-3)27(16-20)34-5)24(30)12-8-21-10-14-26(33-4)28(17-21)35-6/h7-14,16-17,22H,1,15,18H2,2-6H3. The number of carbonyl (C=O) groups excluding carboxylic acids is 2. The number of carbonyl (C=O) groups is 2. The minimum absolute atomic E-state index is 0.00751. The molecule has 0 spiro atoms. The molecule has 0 aliphatic heterocycles. The number of rotatable bonds is 15. The molecule has 2 aromatic carbocycles. The maximum atomic E-state index is 13.1. The van der Waals surface area contributed by atoms with Gasteiger partial charge < -0.3 is 28.4 Å². The molecule has 0 aromatic heterocycles. The zero-order valence-electron chi connectivity index (χ0n) is 21.2. The van der Waals surface area contributed by atoms with Crippen molar-refractivity contribution in [3.8, 4) is 23.0 Å². The number of hydrogen-bond acceptors (Lipinski definition) is 8. The fourth-order valence-electron chi connectivity index (χ4n) is 3.27. The molecule has 0 saturated carbocycles. The summed E-state index contributed by atoms with van der Waals surface area (Å²) in [5.74, 6) is 0.646. The predicted molar refractivity (Wildman–Crippen MR) is 137 cm³/mol. The van der Waals surface area contributed by atoms with Gasteiger partial charge in [-0.25, -0.2) is 0 Å². The Balaban J connectivity index is 2.26. The Morgan fingerprint density at radius 2 is 1.19 bits per heavy atom. The van der Waals surface area contributed by atoms with Crippen LogP contribution in [0.3, 0.4) is 0 Å². The average molecular weight is 497 g/mol. The van der Waals surface area contributed by atoms with Crippen LogP contribution in [0.5, 0.6) is 23.0 Å². The molecule has 2 aromatic rings. The smallest absolute Gasteiger partial charge is 0.188 e. The average Bonchev–Trinajstić information content (AvgIpc) is 2.91. The van der Waals surface area contributed by atoms with Crippen molar-refractivity contribution in [2.45, 2.75) is 6.42 Å². The van der Waals surface area contributed by atoms with Gasteiger partial charge >= 0.3 is 0 Å². The highest BCUT2D eigenvalue weighted by Crippen LogP contribution is 2.29. The molecule has 192 valence electrons. The van der Waals surface area contributed by atoms with Gasteiger partial charge in [-0.15, -0.1) is 0 Å². The number of ketones is 2. The van der Waals surface area contributed by atoms with E-state index in [0.717, 1.165) is 0 Å². The summed E-state index contributed by atoms with van der Waals surface area (Å²) in [6.45, 7) is 3.77. The summed E-state index contributed by atoms with van der Waals surface area (Å²) in [6.07, 6.45) is 5.95. The van der Waals surface area contributed by atoms with E-state index in [0.29, 0.717) is 34.1 Å². The van der Waals surface area contributed by atoms with Crippen LogP contribution in [-0.4, -0.2) is 53.9 Å². The van der Waals surface area contributed by atoms with E-state index in [-0.39, 0.29) is 19.0 Å². The van der Waals surface area contributed by atoms with Crippen molar-refractivity contribution < 1.29 is 38.0 Å². The van der Waals surface area contributed by atoms with Gasteiger partial charge in [0.1, 0.15) is 0 Å². The van der Waals surface area contributed by atoms with E-state index in [4.69, 9.17) is 28.4 Å². The molecule has 0 amide bonds. The van der Waals surface area contributed by atoms with E-state index >= 15 is 0 Å². The van der Waals surface area contributed by atoms with Crippen molar-refractivity contribution in [1.29, 1.82) is 0 Å². The maximum absolute atomic E-state index is 13.1. The predicted octanol–water partition coefficient (Wildman–Crippen LogP) is 4.73. The van der Waals surface area contributed by atoms with Crippen molar-refractivity contribution in [2.24, 2.45) is 5.92 Å². The summed E-state index contributed by atoms with van der Waals surface area (Å²) in [5, 5.41) is 0. The lowest BCUT2D eigenvalue weighted by Gasteiger charge is -2.14. The molecule has 0 N–H and O–H groups in total. The lowest BCUT2D eigenvalue weighted by molar-refractivity contribution is -0.127. The van der Waals surface area contributed by atoms with Crippen molar-refractivity contribution in [3.63, 3.8) is 0 Å². The van der Waals surface area contributed by atoms with Crippen LogP contribution >= 0.6 is 0 Å². The molecule has 0 aliphatic carbocycles. The van der Waals surface area contributed by atoms with Crippen molar-refractivity contribution in [2.75, 3.05) is 42.3 Å². The van der Waals surface area contributed by atoms with Gasteiger partial charge in [0.25, 0.3) is 0 Å². The Labute approximate surface area is 211 Å². The fraction of sp³-hybridized carbons (Fsp3) is 0.286. The first-order valence-electron chi connectivity index (χ1n) is 11.0. The zero-order valence-corrected chi connectivity index (χ0v) is 21.2. The van der Waals surface area contributed by atoms with Crippen LogP contribution in [-0.2, 0) is 19.1 Å². The molecule has 0 unspecified atom stereocenters. The minimum Gasteiger partial charge on any atom is -0.493 e. The topological polar surface area (TPSA) is 89.5 Å². The first-order chi connectivity index (χ1) is 17.4. The fourth-order valence-corrected chi connectivity index (χ4v) is 3.27. The van der Waals surface area contributed by atoms with Crippen LogP contribution in [0.1, 0.15) is 17.5 Å². The third-order valence-corrected chi connectivity index (χ3v) is 5.19. The van der Waals surface area contributed by atoms with E-state index < -0.39 is 17.5 Å². The Bertz CT molecular complexity index is 1040. The molecule has 8 nitrogen and oxygen atoms in total. The van der Waals surface area contributed by atoms with Gasteiger partial charge in [-0.3, -0.25) is 9.59 Å². The molecule has 0 saturated heterocycles. The lowest BCUT2D eigenvalue weighted by atomic mass is 9.93. The molecule has 36 heavy (non-hydrogen) atoms. The Morgan fingerprint density at radius 1 is 0.750 bits per heavy atom. The molecule has 0 atom stereocenters. The second kappa shape index (κ2) is 14.4. The van der Waals surface area contributed by atoms with Gasteiger partial charge in [-0.1, -0.05) is 30.9 Å². The molecule has 0 aliphatic rings. The third-order valence-electron chi connectivity index (χ3n) is 5.19. The SMILES string of the molecule is C=C(CC(C(=O)C=Cc1ccc(OC)c(OC)c1)C(=O)C=Cc1ccc(OC)c(OC)c1)OCOC. The molecular formula is C28H32O8. The molecule has 0 heterocycles. The molecule has 0 radical (unpaired) electrons. The van der Waals surface area contributed by atoms with Crippen molar-refractivity contribution >= 4 is 23.7 Å². The van der Waals surface area contributed by atoms with E-state index in [1.165, 1.54) is 33.5 Å². The summed E-state index contributed by atoms with van der Waals surface area (Å²) in [4.78, 5) is 26.2. The Morgan fingerprint density at radius 3 is 1.58 bits per heavy atom. The summed E-state index contributed by atoms with van der Waals surface area (Å²) < 4.78 is 31.3. The summed E-state index contributed by atoms with van der Waals surface area (Å²) in [5.41, 5.74) is 1.42. The van der Waals surface area contributed by atoms with Gasteiger partial charge in [-0.2, -0.15) is 0 Å². The number of methoxy groups -OCH3 is 5. The molecule has 8 heteroatoms. The molecular weight excluding hydrogens is 464 g/mol. The second-order valence-electron chi connectivity index (χ2n) is 7.55. The van der Waals surface area contributed by atoms with Crippen LogP contribution in [0, 0.1) is 5.92 Å². The van der Waals surface area contributed by atoms with E-state index in [2.05, 4.69) is 6.58 Å². The normalized spacial score (nSPS) is 11.8. The number of benzene rings is 2. The number of ether oxygens (including phenoxy) is 6. The van der Waals surface area contributed by atoms with Gasteiger partial charge in [0, 0.05) is 13.5 Å². The quantitative estimate of drug-likeness (QED) is 0.151. The maximum Gasteiger partial charge on any atom is 0.188 e. The monoisotopic (exact) mass is 496 g/mol. The van der Waals surface area contributed by atoms with Crippen LogP contribution in [0.25, 0.3) is 12.2 Å². The summed E-state index contributed by atoms with van der Waals surface area (Å²) >= 11 is 0. The van der Waals surface area contributed by atoms with Crippen molar-refractivity contribution in [1.82, 2.24) is 0 Å². The minimum atomic E-state index is -1.03. The summed E-state index contributed by atoms with van der Waals surface area (Å²) in [6, 6.07) is 10.5. The lowest BCUT2D eigenvalue weighted by Crippen LogP contribution is -2.22. The van der Waals surface area contributed by atoms with Gasteiger partial charge in [-0.05, 0) is 47.5 Å². The van der Waals surface area contributed by atoms with Crippen LogP contribution in [0.2, 0.25) is 0 Å².